The van der Waals surface area contributed by atoms with Crippen molar-refractivity contribution in [1.82, 2.24) is 25.3 Å². The Morgan fingerprint density at radius 2 is 1.87 bits per heavy atom. The fourth-order valence-electron chi connectivity index (χ4n) is 3.04. The van der Waals surface area contributed by atoms with Gasteiger partial charge < -0.3 is 10.6 Å². The van der Waals surface area contributed by atoms with Gasteiger partial charge in [-0.3, -0.25) is 14.8 Å². The van der Waals surface area contributed by atoms with Crippen molar-refractivity contribution < 1.29 is 9.18 Å². The number of amides is 1. The number of carbonyl (C=O) groups excluding carboxylic acids is 1. The predicted octanol–water partition coefficient (Wildman–Crippen LogP) is 3.31. The van der Waals surface area contributed by atoms with E-state index in [0.29, 0.717) is 37.6 Å². The second-order valence-corrected chi connectivity index (χ2v) is 7.10. The van der Waals surface area contributed by atoms with Gasteiger partial charge >= 0.3 is 0 Å². The van der Waals surface area contributed by atoms with Crippen molar-refractivity contribution in [1.29, 1.82) is 0 Å². The molecule has 2 aromatic heterocycles. The monoisotopic (exact) mass is 444 g/mol. The Kier molecular flexibility index (Phi) is 9.27. The molecular weight excluding hydrogens is 419 g/mol. The molecule has 0 unspecified atom stereocenters. The van der Waals surface area contributed by atoms with Gasteiger partial charge in [0.1, 0.15) is 17.5 Å². The first-order valence-corrected chi connectivity index (χ1v) is 9.85. The molecule has 1 atom stereocenters. The molecule has 164 valence electrons. The Balaban J connectivity index is 0.00000341. The van der Waals surface area contributed by atoms with Crippen LogP contribution in [0.2, 0.25) is 0 Å². The quantitative estimate of drug-likeness (QED) is 0.492. The number of benzene rings is 1. The zero-order valence-corrected chi connectivity index (χ0v) is 18.3. The lowest BCUT2D eigenvalue weighted by Crippen LogP contribution is -2.26. The lowest BCUT2D eigenvalue weighted by atomic mass is 9.97. The number of carbonyl (C=O) groups is 1. The number of anilines is 1. The van der Waals surface area contributed by atoms with Crippen molar-refractivity contribution in [2.75, 3.05) is 18.4 Å². The molecule has 0 fully saturated rings. The zero-order valence-electron chi connectivity index (χ0n) is 17.5. The van der Waals surface area contributed by atoms with Crippen LogP contribution in [-0.2, 0) is 17.6 Å². The molecule has 1 amide bonds. The molecule has 0 radical (unpaired) electrons. The van der Waals surface area contributed by atoms with E-state index in [2.05, 4.69) is 32.5 Å². The summed E-state index contributed by atoms with van der Waals surface area (Å²) in [6, 6.07) is 8.39. The van der Waals surface area contributed by atoms with Gasteiger partial charge in [-0.1, -0.05) is 19.1 Å². The van der Waals surface area contributed by atoms with Gasteiger partial charge in [-0.2, -0.15) is 0 Å². The van der Waals surface area contributed by atoms with E-state index in [1.54, 1.807) is 30.7 Å². The van der Waals surface area contributed by atoms with Crippen LogP contribution in [0.15, 0.2) is 48.9 Å². The Labute approximate surface area is 187 Å². The van der Waals surface area contributed by atoms with Crippen molar-refractivity contribution in [3.05, 3.63) is 77.5 Å². The molecule has 0 aliphatic rings. The van der Waals surface area contributed by atoms with Crippen LogP contribution in [0.3, 0.4) is 0 Å². The number of aromatic nitrogens is 4. The molecule has 3 aromatic rings. The first-order valence-electron chi connectivity index (χ1n) is 9.85. The third kappa shape index (κ3) is 7.90. The largest absolute Gasteiger partial charge is 0.368 e. The normalized spacial score (nSPS) is 11.3. The van der Waals surface area contributed by atoms with Gasteiger partial charge in [0.15, 0.2) is 0 Å². The van der Waals surface area contributed by atoms with E-state index < -0.39 is 0 Å². The van der Waals surface area contributed by atoms with E-state index in [0.717, 1.165) is 17.0 Å². The highest BCUT2D eigenvalue weighted by Gasteiger charge is 2.12. The molecule has 0 saturated heterocycles. The van der Waals surface area contributed by atoms with Crippen LogP contribution in [0, 0.1) is 5.82 Å². The third-order valence-corrected chi connectivity index (χ3v) is 4.54. The number of rotatable bonds is 9. The summed E-state index contributed by atoms with van der Waals surface area (Å²) in [6.07, 6.45) is 6.15. The second kappa shape index (κ2) is 11.9. The summed E-state index contributed by atoms with van der Waals surface area (Å²) in [7, 11) is 0. The fraction of sp³-hybridized carbons (Fsp3) is 0.318. The minimum absolute atomic E-state index is 0. The third-order valence-electron chi connectivity index (χ3n) is 4.54. The maximum Gasteiger partial charge on any atom is 0.216 e. The van der Waals surface area contributed by atoms with E-state index in [9.17, 15) is 9.18 Å². The number of hydrogen-bond donors (Lipinski definition) is 2. The molecule has 7 nitrogen and oxygen atoms in total. The maximum atomic E-state index is 13.2. The molecule has 0 aliphatic carbocycles. The van der Waals surface area contributed by atoms with Crippen LogP contribution < -0.4 is 10.6 Å². The van der Waals surface area contributed by atoms with Crippen LogP contribution >= 0.6 is 12.4 Å². The lowest BCUT2D eigenvalue weighted by Gasteiger charge is -2.14. The van der Waals surface area contributed by atoms with Gasteiger partial charge in [0.2, 0.25) is 5.91 Å². The van der Waals surface area contributed by atoms with E-state index in [4.69, 9.17) is 4.98 Å². The highest BCUT2D eigenvalue weighted by molar-refractivity contribution is 5.85. The van der Waals surface area contributed by atoms with E-state index >= 15 is 0 Å². The highest BCUT2D eigenvalue weighted by Crippen LogP contribution is 2.21. The van der Waals surface area contributed by atoms with Crippen LogP contribution in [0.1, 0.15) is 42.5 Å². The maximum absolute atomic E-state index is 13.2. The molecular formula is C22H26ClFN6O. The molecule has 31 heavy (non-hydrogen) atoms. The number of hydrogen-bond acceptors (Lipinski definition) is 6. The standard InChI is InChI=1S/C22H25FN6O.ClH/c1-15(17-3-5-18(23)6-4-17)11-22-28-19(12-20-14-24-7-8-26-20)13-21(29-22)27-10-9-25-16(2)30;/h3-8,13-15H,9-12H2,1-2H3,(H,25,30)(H,27,28,29);1H/t15-;/m1./s1. The summed E-state index contributed by atoms with van der Waals surface area (Å²) < 4.78 is 13.2. The van der Waals surface area contributed by atoms with Gasteiger partial charge in [0.05, 0.1) is 11.4 Å². The second-order valence-electron chi connectivity index (χ2n) is 7.10. The fourth-order valence-corrected chi connectivity index (χ4v) is 3.04. The summed E-state index contributed by atoms with van der Waals surface area (Å²) >= 11 is 0. The van der Waals surface area contributed by atoms with Crippen LogP contribution in [0.4, 0.5) is 10.2 Å². The molecule has 9 heteroatoms. The Morgan fingerprint density at radius 1 is 1.10 bits per heavy atom. The van der Waals surface area contributed by atoms with E-state index in [1.165, 1.54) is 19.1 Å². The molecule has 0 aliphatic heterocycles. The van der Waals surface area contributed by atoms with Crippen LogP contribution in [-0.4, -0.2) is 38.9 Å². The molecule has 1 aromatic carbocycles. The minimum atomic E-state index is -0.251. The SMILES string of the molecule is CC(=O)NCCNc1cc(Cc2cnccn2)nc(C[C@@H](C)c2ccc(F)cc2)n1.Cl. The molecule has 0 saturated carbocycles. The van der Waals surface area contributed by atoms with Crippen molar-refractivity contribution >= 4 is 24.1 Å². The van der Waals surface area contributed by atoms with Crippen molar-refractivity contribution in [3.8, 4) is 0 Å². The molecule has 3 rings (SSSR count). The smallest absolute Gasteiger partial charge is 0.216 e. The summed E-state index contributed by atoms with van der Waals surface area (Å²) in [6.45, 7) is 4.60. The summed E-state index contributed by atoms with van der Waals surface area (Å²) in [4.78, 5) is 28.8. The van der Waals surface area contributed by atoms with Gasteiger partial charge in [-0.05, 0) is 23.6 Å². The summed E-state index contributed by atoms with van der Waals surface area (Å²) in [5.74, 6) is 1.19. The van der Waals surface area contributed by atoms with Crippen LogP contribution in [0.25, 0.3) is 0 Å². The first kappa shape index (κ1) is 24.1. The average molecular weight is 445 g/mol. The number of nitrogens with one attached hydrogen (secondary N) is 2. The molecule has 0 bridgehead atoms. The van der Waals surface area contributed by atoms with Crippen molar-refractivity contribution in [2.24, 2.45) is 0 Å². The predicted molar refractivity (Wildman–Crippen MR) is 120 cm³/mol. The van der Waals surface area contributed by atoms with Crippen molar-refractivity contribution in [3.63, 3.8) is 0 Å². The Bertz CT molecular complexity index is 971. The zero-order chi connectivity index (χ0) is 21.3. The highest BCUT2D eigenvalue weighted by atomic mass is 35.5. The van der Waals surface area contributed by atoms with E-state index in [-0.39, 0.29) is 30.0 Å². The van der Waals surface area contributed by atoms with Gasteiger partial charge in [0.25, 0.3) is 0 Å². The minimum Gasteiger partial charge on any atom is -0.368 e. The Morgan fingerprint density at radius 3 is 2.55 bits per heavy atom. The van der Waals surface area contributed by atoms with E-state index in [1.807, 2.05) is 6.07 Å². The Hall–Kier alpha value is -3.13. The average Bonchev–Trinajstić information content (AvgIpc) is 2.72. The van der Waals surface area contributed by atoms with Crippen LogP contribution in [0.5, 0.6) is 0 Å². The topological polar surface area (TPSA) is 92.7 Å². The molecule has 0 spiro atoms. The van der Waals surface area contributed by atoms with Gasteiger partial charge in [0, 0.05) is 57.5 Å². The van der Waals surface area contributed by atoms with Crippen molar-refractivity contribution in [2.45, 2.75) is 32.6 Å². The summed E-state index contributed by atoms with van der Waals surface area (Å²) in [5.41, 5.74) is 2.67. The lowest BCUT2D eigenvalue weighted by molar-refractivity contribution is -0.118. The number of halogens is 2. The summed E-state index contributed by atoms with van der Waals surface area (Å²) in [5, 5.41) is 5.98. The van der Waals surface area contributed by atoms with Gasteiger partial charge in [-0.15, -0.1) is 12.4 Å². The molecule has 2 heterocycles. The molecule has 2 N–H and O–H groups in total. The number of nitrogens with zero attached hydrogens (tertiary/aromatic N) is 4. The van der Waals surface area contributed by atoms with Gasteiger partial charge in [-0.25, -0.2) is 14.4 Å². The first-order chi connectivity index (χ1) is 14.5.